The zero-order chi connectivity index (χ0) is 17.5. The lowest BCUT2D eigenvalue weighted by atomic mass is 9.76. The predicted octanol–water partition coefficient (Wildman–Crippen LogP) is -0.831. The Morgan fingerprint density at radius 1 is 1.43 bits per heavy atom. The summed E-state index contributed by atoms with van der Waals surface area (Å²) < 4.78 is 12.4. The Labute approximate surface area is 136 Å². The van der Waals surface area contributed by atoms with Crippen molar-refractivity contribution in [2.75, 3.05) is 12.3 Å². The fraction of sp³-hybridized carbons (Fsp3) is 0.643. The minimum atomic E-state index is -1.61. The summed E-state index contributed by atoms with van der Waals surface area (Å²) in [5, 5.41) is 21.9. The van der Waals surface area contributed by atoms with E-state index in [-0.39, 0.29) is 35.2 Å². The number of aliphatic carboxylic acids is 1. The molecule has 23 heavy (non-hydrogen) atoms. The number of aliphatic hydroxyl groups is 1. The second kappa shape index (κ2) is 6.04. The first-order valence-corrected chi connectivity index (χ1v) is 8.52. The van der Waals surface area contributed by atoms with Gasteiger partial charge in [-0.05, 0) is 13.8 Å². The quantitative estimate of drug-likeness (QED) is 0.540. The second-order valence-corrected chi connectivity index (χ2v) is 7.81. The number of nitrogens with zero attached hydrogens (tertiary/aromatic N) is 1. The molecule has 0 bridgehead atoms. The number of fused-ring (bicyclic) bond motifs is 1. The molecule has 0 aromatic heterocycles. The summed E-state index contributed by atoms with van der Waals surface area (Å²) in [6.45, 7) is 4.49. The highest BCUT2D eigenvalue weighted by Gasteiger charge is 2.60. The number of β-lactam (4-membered cyclic amide) rings is 1. The molecular formula is C14H20N2O6S. The van der Waals surface area contributed by atoms with Crippen molar-refractivity contribution in [3.63, 3.8) is 0 Å². The fourth-order valence-electron chi connectivity index (χ4n) is 3.09. The molecule has 0 radical (unpaired) electrons. The molecule has 9 heteroatoms. The van der Waals surface area contributed by atoms with E-state index in [1.54, 1.807) is 0 Å². The number of rotatable bonds is 6. The number of hydrogen-bond donors (Lipinski definition) is 3. The van der Waals surface area contributed by atoms with Crippen LogP contribution in [0.2, 0.25) is 0 Å². The van der Waals surface area contributed by atoms with Gasteiger partial charge in [-0.3, -0.25) is 13.8 Å². The van der Waals surface area contributed by atoms with E-state index in [9.17, 15) is 28.8 Å². The number of nitrogens with one attached hydrogen (secondary N) is 1. The molecule has 2 aliphatic heterocycles. The van der Waals surface area contributed by atoms with Crippen molar-refractivity contribution in [2.45, 2.75) is 38.8 Å². The van der Waals surface area contributed by atoms with Gasteiger partial charge in [-0.2, -0.15) is 0 Å². The van der Waals surface area contributed by atoms with Crippen LogP contribution in [0, 0.1) is 5.92 Å². The van der Waals surface area contributed by atoms with Crippen molar-refractivity contribution in [1.82, 2.24) is 10.2 Å². The molecule has 0 aliphatic carbocycles. The molecule has 3 atom stereocenters. The minimum absolute atomic E-state index is 0.0770. The average Bonchev–Trinajstić information content (AvgIpc) is 2.71. The van der Waals surface area contributed by atoms with E-state index < -0.39 is 40.2 Å². The van der Waals surface area contributed by atoms with Gasteiger partial charge in [0.15, 0.2) is 0 Å². The largest absolute Gasteiger partial charge is 0.477 e. The van der Waals surface area contributed by atoms with Crippen molar-refractivity contribution in [3.05, 3.63) is 10.6 Å². The lowest BCUT2D eigenvalue weighted by Gasteiger charge is -2.48. The molecule has 0 aromatic carbocycles. The summed E-state index contributed by atoms with van der Waals surface area (Å²) in [5.74, 6) is -2.66. The third kappa shape index (κ3) is 3.16. The van der Waals surface area contributed by atoms with E-state index in [0.717, 1.165) is 4.90 Å². The first kappa shape index (κ1) is 17.6. The third-order valence-electron chi connectivity index (χ3n) is 4.02. The topological polar surface area (TPSA) is 124 Å². The highest BCUT2D eigenvalue weighted by atomic mass is 32.2. The second-order valence-electron chi connectivity index (χ2n) is 6.22. The number of hydrogen-bond acceptors (Lipinski definition) is 5. The van der Waals surface area contributed by atoms with Gasteiger partial charge in [-0.1, -0.05) is 0 Å². The molecule has 128 valence electrons. The average molecular weight is 344 g/mol. The van der Waals surface area contributed by atoms with Crippen LogP contribution in [0.1, 0.15) is 27.2 Å². The highest BCUT2D eigenvalue weighted by Crippen LogP contribution is 2.47. The van der Waals surface area contributed by atoms with Crippen molar-refractivity contribution < 1.29 is 28.8 Å². The van der Waals surface area contributed by atoms with E-state index >= 15 is 0 Å². The Morgan fingerprint density at radius 3 is 2.52 bits per heavy atom. The van der Waals surface area contributed by atoms with Gasteiger partial charge >= 0.3 is 5.97 Å². The molecule has 2 amide bonds. The van der Waals surface area contributed by atoms with Gasteiger partial charge in [0.1, 0.15) is 5.70 Å². The molecule has 0 saturated carbocycles. The van der Waals surface area contributed by atoms with Crippen LogP contribution in [-0.2, 0) is 25.2 Å². The Hall–Kier alpha value is -1.74. The fourth-order valence-corrected chi connectivity index (χ4v) is 4.38. The summed E-state index contributed by atoms with van der Waals surface area (Å²) >= 11 is 0. The molecule has 2 rings (SSSR count). The van der Waals surface area contributed by atoms with Crippen molar-refractivity contribution in [1.29, 1.82) is 0 Å². The molecule has 0 unspecified atom stereocenters. The van der Waals surface area contributed by atoms with Crippen LogP contribution < -0.4 is 5.32 Å². The molecule has 1 fully saturated rings. The zero-order valence-electron chi connectivity index (χ0n) is 13.2. The van der Waals surface area contributed by atoms with Crippen molar-refractivity contribution in [2.24, 2.45) is 5.92 Å². The standard InChI is InChI=1S/C14H20N2O6S/c1-7(17)15-4-5-23(22)9-6-8-10(14(2,3)21)12(18)16(8)11(9)13(19)20/h8,10,21H,4-6H2,1-3H3,(H,15,17)(H,19,20)/t8-,10-,23+/m1/s1. The van der Waals surface area contributed by atoms with Gasteiger partial charge in [0.2, 0.25) is 11.8 Å². The number of amides is 2. The van der Waals surface area contributed by atoms with E-state index in [1.165, 1.54) is 20.8 Å². The Kier molecular flexibility index (Phi) is 4.63. The summed E-state index contributed by atoms with van der Waals surface area (Å²) in [4.78, 5) is 35.8. The van der Waals surface area contributed by atoms with Gasteiger partial charge < -0.3 is 20.4 Å². The molecule has 0 aromatic rings. The zero-order valence-corrected chi connectivity index (χ0v) is 14.0. The Balaban J connectivity index is 2.20. The first-order valence-electron chi connectivity index (χ1n) is 7.20. The SMILES string of the molecule is CC(=O)NCC[S@](=O)C1=C(C(=O)O)N2C(=O)[C@H](C(C)(C)O)[C@H]2C1. The Morgan fingerprint density at radius 2 is 2.04 bits per heavy atom. The van der Waals surface area contributed by atoms with Gasteiger partial charge in [0.25, 0.3) is 0 Å². The smallest absolute Gasteiger partial charge is 0.353 e. The molecular weight excluding hydrogens is 324 g/mol. The van der Waals surface area contributed by atoms with E-state index in [2.05, 4.69) is 5.32 Å². The van der Waals surface area contributed by atoms with Crippen LogP contribution in [0.25, 0.3) is 0 Å². The van der Waals surface area contributed by atoms with Crippen LogP contribution in [0.4, 0.5) is 0 Å². The van der Waals surface area contributed by atoms with Crippen LogP contribution in [0.5, 0.6) is 0 Å². The maximum Gasteiger partial charge on any atom is 0.353 e. The third-order valence-corrected chi connectivity index (χ3v) is 5.50. The maximum atomic E-state index is 12.4. The Bertz CT molecular complexity index is 621. The lowest BCUT2D eigenvalue weighted by molar-refractivity contribution is -0.169. The number of carboxylic acid groups (broad SMARTS) is 1. The first-order chi connectivity index (χ1) is 10.6. The molecule has 2 heterocycles. The predicted molar refractivity (Wildman–Crippen MR) is 81.4 cm³/mol. The van der Waals surface area contributed by atoms with Crippen molar-refractivity contribution >= 4 is 28.6 Å². The van der Waals surface area contributed by atoms with E-state index in [4.69, 9.17) is 0 Å². The monoisotopic (exact) mass is 344 g/mol. The molecule has 0 spiro atoms. The van der Waals surface area contributed by atoms with Gasteiger partial charge in [0.05, 0.1) is 28.4 Å². The normalized spacial score (nSPS) is 25.0. The molecule has 8 nitrogen and oxygen atoms in total. The molecule has 3 N–H and O–H groups in total. The van der Waals surface area contributed by atoms with Crippen LogP contribution in [0.15, 0.2) is 10.6 Å². The highest BCUT2D eigenvalue weighted by molar-refractivity contribution is 7.89. The number of carbonyl (C=O) groups excluding carboxylic acids is 2. The van der Waals surface area contributed by atoms with Gasteiger partial charge in [-0.15, -0.1) is 0 Å². The summed E-state index contributed by atoms with van der Waals surface area (Å²) in [5.41, 5.74) is -1.52. The summed E-state index contributed by atoms with van der Waals surface area (Å²) in [6.07, 6.45) is 0.161. The summed E-state index contributed by atoms with van der Waals surface area (Å²) in [6, 6.07) is -0.478. The summed E-state index contributed by atoms with van der Waals surface area (Å²) in [7, 11) is -1.61. The van der Waals surface area contributed by atoms with Crippen LogP contribution in [-0.4, -0.2) is 61.0 Å². The van der Waals surface area contributed by atoms with Gasteiger partial charge in [-0.25, -0.2) is 4.79 Å². The van der Waals surface area contributed by atoms with E-state index in [1.807, 2.05) is 0 Å². The van der Waals surface area contributed by atoms with Crippen LogP contribution in [0.3, 0.4) is 0 Å². The van der Waals surface area contributed by atoms with Crippen molar-refractivity contribution in [3.8, 4) is 0 Å². The molecule has 2 aliphatic rings. The number of carbonyl (C=O) groups is 3. The lowest BCUT2D eigenvalue weighted by Crippen LogP contribution is -2.65. The number of carboxylic acids is 1. The minimum Gasteiger partial charge on any atom is -0.477 e. The van der Waals surface area contributed by atoms with Crippen LogP contribution >= 0.6 is 0 Å². The van der Waals surface area contributed by atoms with Gasteiger partial charge in [0, 0.05) is 30.5 Å². The van der Waals surface area contributed by atoms with E-state index in [0.29, 0.717) is 0 Å². The molecule has 1 saturated heterocycles. The maximum absolute atomic E-state index is 12.4.